The van der Waals surface area contributed by atoms with Crippen LogP contribution in [0.2, 0.25) is 0 Å². The van der Waals surface area contributed by atoms with E-state index in [1.54, 1.807) is 6.07 Å². The molecule has 0 radical (unpaired) electrons. The Morgan fingerprint density at radius 3 is 2.88 bits per heavy atom. The molecule has 0 atom stereocenters. The molecule has 1 aliphatic rings. The first-order chi connectivity index (χ1) is 12.5. The number of carbonyl (C=O) groups excluding carboxylic acids is 1. The molecule has 0 aliphatic heterocycles. The summed E-state index contributed by atoms with van der Waals surface area (Å²) in [5, 5.41) is 7.23. The van der Waals surface area contributed by atoms with Crippen molar-refractivity contribution in [2.75, 3.05) is 13.2 Å². The third-order valence-corrected chi connectivity index (χ3v) is 4.62. The van der Waals surface area contributed by atoms with E-state index in [1.165, 1.54) is 4.68 Å². The number of nitrogens with zero attached hydrogens (tertiary/aromatic N) is 2. The number of rotatable bonds is 6. The summed E-state index contributed by atoms with van der Waals surface area (Å²) in [4.78, 5) is 24.1. The molecule has 138 valence electrons. The lowest BCUT2D eigenvalue weighted by atomic mass is 9.97. The second-order valence-corrected chi connectivity index (χ2v) is 6.79. The molecule has 1 N–H and O–H groups in total. The molecule has 6 heteroatoms. The van der Waals surface area contributed by atoms with Crippen molar-refractivity contribution in [3.8, 4) is 5.75 Å². The third-order valence-electron chi connectivity index (χ3n) is 4.62. The fourth-order valence-corrected chi connectivity index (χ4v) is 3.12. The van der Waals surface area contributed by atoms with Crippen LogP contribution in [-0.2, 0) is 24.2 Å². The summed E-state index contributed by atoms with van der Waals surface area (Å²) in [5.74, 6) is 0.504. The quantitative estimate of drug-likeness (QED) is 0.859. The van der Waals surface area contributed by atoms with Crippen LogP contribution in [0, 0.1) is 13.8 Å². The molecule has 1 aromatic carbocycles. The minimum Gasteiger partial charge on any atom is -0.483 e. The number of carbonyl (C=O) groups is 1. The van der Waals surface area contributed by atoms with Gasteiger partial charge in [0.15, 0.2) is 6.61 Å². The molecule has 0 saturated heterocycles. The average Bonchev–Trinajstić information content (AvgIpc) is 2.63. The number of aromatic nitrogens is 2. The molecule has 1 aliphatic carbocycles. The SMILES string of the molecule is Cc1ccc(C)c(OCC(=O)NCCn2nc3c(cc2=O)CCCC3)c1. The fraction of sp³-hybridized carbons (Fsp3) is 0.450. The summed E-state index contributed by atoms with van der Waals surface area (Å²) in [7, 11) is 0. The first-order valence-corrected chi connectivity index (χ1v) is 9.09. The van der Waals surface area contributed by atoms with Gasteiger partial charge in [-0.25, -0.2) is 4.68 Å². The third kappa shape index (κ3) is 4.50. The van der Waals surface area contributed by atoms with Crippen LogP contribution in [-0.4, -0.2) is 28.8 Å². The van der Waals surface area contributed by atoms with E-state index < -0.39 is 0 Å². The molecule has 0 spiro atoms. The predicted octanol–water partition coefficient (Wildman–Crippen LogP) is 1.93. The Labute approximate surface area is 153 Å². The lowest BCUT2D eigenvalue weighted by Gasteiger charge is -2.16. The highest BCUT2D eigenvalue weighted by molar-refractivity contribution is 5.77. The van der Waals surface area contributed by atoms with Crippen LogP contribution in [0.4, 0.5) is 0 Å². The van der Waals surface area contributed by atoms with Gasteiger partial charge >= 0.3 is 0 Å². The average molecular weight is 355 g/mol. The Morgan fingerprint density at radius 2 is 2.04 bits per heavy atom. The summed E-state index contributed by atoms with van der Waals surface area (Å²) in [6.45, 7) is 4.59. The molecular formula is C20H25N3O3. The number of fused-ring (bicyclic) bond motifs is 1. The molecular weight excluding hydrogens is 330 g/mol. The lowest BCUT2D eigenvalue weighted by molar-refractivity contribution is -0.123. The summed E-state index contributed by atoms with van der Waals surface area (Å²) in [6.07, 6.45) is 4.09. The monoisotopic (exact) mass is 355 g/mol. The van der Waals surface area contributed by atoms with Crippen molar-refractivity contribution in [3.05, 3.63) is 57.0 Å². The van der Waals surface area contributed by atoms with Gasteiger partial charge in [0.2, 0.25) is 0 Å². The van der Waals surface area contributed by atoms with Crippen LogP contribution < -0.4 is 15.6 Å². The maximum absolute atomic E-state index is 12.1. The van der Waals surface area contributed by atoms with E-state index in [1.807, 2.05) is 32.0 Å². The number of nitrogens with one attached hydrogen (secondary N) is 1. The number of hydrogen-bond donors (Lipinski definition) is 1. The van der Waals surface area contributed by atoms with Crippen molar-refractivity contribution in [2.24, 2.45) is 0 Å². The first kappa shape index (κ1) is 18.2. The zero-order valence-electron chi connectivity index (χ0n) is 15.4. The normalized spacial score (nSPS) is 13.2. The smallest absolute Gasteiger partial charge is 0.267 e. The number of hydrogen-bond acceptors (Lipinski definition) is 4. The standard InChI is InChI=1S/C20H25N3O3/c1-14-7-8-15(2)18(11-14)26-13-19(24)21-9-10-23-20(25)12-16-5-3-4-6-17(16)22-23/h7-8,11-12H,3-6,9-10,13H2,1-2H3,(H,21,24). The van der Waals surface area contributed by atoms with E-state index in [2.05, 4.69) is 10.4 Å². The van der Waals surface area contributed by atoms with Gasteiger partial charge in [-0.2, -0.15) is 5.10 Å². The number of aryl methyl sites for hydroxylation is 4. The Balaban J connectivity index is 1.49. The molecule has 26 heavy (non-hydrogen) atoms. The van der Waals surface area contributed by atoms with E-state index in [-0.39, 0.29) is 18.1 Å². The molecule has 1 aromatic heterocycles. The van der Waals surface area contributed by atoms with Crippen LogP contribution in [0.15, 0.2) is 29.1 Å². The highest BCUT2D eigenvalue weighted by Gasteiger charge is 2.13. The van der Waals surface area contributed by atoms with Gasteiger partial charge in [-0.1, -0.05) is 12.1 Å². The molecule has 0 unspecified atom stereocenters. The summed E-state index contributed by atoms with van der Waals surface area (Å²) >= 11 is 0. The molecule has 0 saturated carbocycles. The van der Waals surface area contributed by atoms with Crippen LogP contribution >= 0.6 is 0 Å². The van der Waals surface area contributed by atoms with Crippen LogP contribution in [0.1, 0.15) is 35.2 Å². The van der Waals surface area contributed by atoms with Gasteiger partial charge in [0, 0.05) is 12.6 Å². The minimum atomic E-state index is -0.211. The Kier molecular flexibility index (Phi) is 5.71. The van der Waals surface area contributed by atoms with Crippen molar-refractivity contribution >= 4 is 5.91 Å². The molecule has 3 rings (SSSR count). The summed E-state index contributed by atoms with van der Waals surface area (Å²) in [5.41, 5.74) is 4.06. The molecule has 0 bridgehead atoms. The topological polar surface area (TPSA) is 73.2 Å². The van der Waals surface area contributed by atoms with Crippen LogP contribution in [0.25, 0.3) is 0 Å². The Bertz CT molecular complexity index is 858. The largest absolute Gasteiger partial charge is 0.483 e. The van der Waals surface area contributed by atoms with Crippen molar-refractivity contribution < 1.29 is 9.53 Å². The minimum absolute atomic E-state index is 0.0448. The van der Waals surface area contributed by atoms with Crippen molar-refractivity contribution in [1.29, 1.82) is 0 Å². The molecule has 2 aromatic rings. The van der Waals surface area contributed by atoms with Crippen molar-refractivity contribution in [3.63, 3.8) is 0 Å². The second kappa shape index (κ2) is 8.17. The van der Waals surface area contributed by atoms with Crippen molar-refractivity contribution in [2.45, 2.75) is 46.1 Å². The fourth-order valence-electron chi connectivity index (χ4n) is 3.12. The zero-order valence-corrected chi connectivity index (χ0v) is 15.4. The van der Waals surface area contributed by atoms with Crippen LogP contribution in [0.3, 0.4) is 0 Å². The predicted molar refractivity (Wildman–Crippen MR) is 99.6 cm³/mol. The molecule has 6 nitrogen and oxygen atoms in total. The van der Waals surface area contributed by atoms with Crippen molar-refractivity contribution in [1.82, 2.24) is 15.1 Å². The van der Waals surface area contributed by atoms with E-state index in [4.69, 9.17) is 4.74 Å². The van der Waals surface area contributed by atoms with Gasteiger partial charge in [-0.15, -0.1) is 0 Å². The summed E-state index contributed by atoms with van der Waals surface area (Å²) < 4.78 is 7.02. The Morgan fingerprint density at radius 1 is 1.23 bits per heavy atom. The van der Waals surface area contributed by atoms with E-state index in [0.717, 1.165) is 48.1 Å². The maximum atomic E-state index is 12.1. The molecule has 1 heterocycles. The highest BCUT2D eigenvalue weighted by atomic mass is 16.5. The van der Waals surface area contributed by atoms with E-state index >= 15 is 0 Å². The lowest BCUT2D eigenvalue weighted by Crippen LogP contribution is -2.35. The molecule has 1 amide bonds. The Hall–Kier alpha value is -2.63. The van der Waals surface area contributed by atoms with Gasteiger partial charge < -0.3 is 10.1 Å². The van der Waals surface area contributed by atoms with Gasteiger partial charge in [0.05, 0.1) is 12.2 Å². The highest BCUT2D eigenvalue weighted by Crippen LogP contribution is 2.19. The maximum Gasteiger partial charge on any atom is 0.267 e. The molecule has 0 fully saturated rings. The second-order valence-electron chi connectivity index (χ2n) is 6.79. The van der Waals surface area contributed by atoms with Gasteiger partial charge in [0.25, 0.3) is 11.5 Å². The van der Waals surface area contributed by atoms with E-state index in [0.29, 0.717) is 18.8 Å². The van der Waals surface area contributed by atoms with Crippen LogP contribution in [0.5, 0.6) is 5.75 Å². The van der Waals surface area contributed by atoms with E-state index in [9.17, 15) is 9.59 Å². The van der Waals surface area contributed by atoms with Gasteiger partial charge in [0.1, 0.15) is 5.75 Å². The number of benzene rings is 1. The number of amides is 1. The number of ether oxygens (including phenoxy) is 1. The first-order valence-electron chi connectivity index (χ1n) is 9.09. The zero-order chi connectivity index (χ0) is 18.5. The van der Waals surface area contributed by atoms with Gasteiger partial charge in [-0.3, -0.25) is 9.59 Å². The summed E-state index contributed by atoms with van der Waals surface area (Å²) in [6, 6.07) is 7.58. The van der Waals surface area contributed by atoms with Gasteiger partial charge in [-0.05, 0) is 62.3 Å².